The molecule has 128 valence electrons. The molecule has 0 spiro atoms. The van der Waals surface area contributed by atoms with E-state index in [9.17, 15) is 22.0 Å². The molecule has 0 unspecified atom stereocenters. The van der Waals surface area contributed by atoms with Crippen LogP contribution in [0.5, 0.6) is 5.75 Å². The number of alkyl halides is 5. The molecular weight excluding hydrogens is 315 g/mol. The normalized spacial score (nSPS) is 22.7. The molecule has 23 heavy (non-hydrogen) atoms. The van der Waals surface area contributed by atoms with Gasteiger partial charge in [0.15, 0.2) is 0 Å². The third-order valence-electron chi connectivity index (χ3n) is 4.08. The molecule has 0 atom stereocenters. The van der Waals surface area contributed by atoms with Gasteiger partial charge in [0.25, 0.3) is 0 Å². The van der Waals surface area contributed by atoms with Crippen molar-refractivity contribution in [2.24, 2.45) is 5.92 Å². The highest BCUT2D eigenvalue weighted by molar-refractivity contribution is 5.30. The Labute approximate surface area is 132 Å². The lowest BCUT2D eigenvalue weighted by molar-refractivity contribution is -0.274. The van der Waals surface area contributed by atoms with E-state index in [1.165, 1.54) is 12.1 Å². The quantitative estimate of drug-likeness (QED) is 0.469. The molecule has 1 saturated carbocycles. The van der Waals surface area contributed by atoms with E-state index in [1.807, 2.05) is 6.08 Å². The van der Waals surface area contributed by atoms with Gasteiger partial charge in [-0.1, -0.05) is 24.3 Å². The maximum atomic E-state index is 12.1. The second-order valence-corrected chi connectivity index (χ2v) is 5.78. The largest absolute Gasteiger partial charge is 0.573 e. The fourth-order valence-electron chi connectivity index (χ4n) is 2.96. The molecule has 2 rings (SSSR count). The molecule has 0 N–H and O–H groups in total. The summed E-state index contributed by atoms with van der Waals surface area (Å²) in [6.07, 6.45) is -0.158. The Morgan fingerprint density at radius 1 is 1.04 bits per heavy atom. The van der Waals surface area contributed by atoms with Gasteiger partial charge in [-0.15, -0.1) is 13.2 Å². The number of benzene rings is 1. The number of ether oxygens (including phenoxy) is 1. The average Bonchev–Trinajstić information content (AvgIpc) is 2.47. The summed E-state index contributed by atoms with van der Waals surface area (Å²) in [5.41, 5.74) is 0.995. The Hall–Kier alpha value is -1.59. The monoisotopic (exact) mass is 334 g/mol. The first-order chi connectivity index (χ1) is 10.8. The van der Waals surface area contributed by atoms with Gasteiger partial charge in [0, 0.05) is 6.42 Å². The molecule has 0 saturated heterocycles. The summed E-state index contributed by atoms with van der Waals surface area (Å²) >= 11 is 0. The fraction of sp³-hybridized carbons (Fsp3) is 0.529. The summed E-state index contributed by atoms with van der Waals surface area (Å²) in [4.78, 5) is 0. The van der Waals surface area contributed by atoms with Crippen LogP contribution in [0.25, 0.3) is 0 Å². The third-order valence-corrected chi connectivity index (χ3v) is 4.08. The summed E-state index contributed by atoms with van der Waals surface area (Å²) in [5.74, 6) is 0.400. The first kappa shape index (κ1) is 17.8. The lowest BCUT2D eigenvalue weighted by Gasteiger charge is -2.27. The molecular formula is C17H19F5O. The van der Waals surface area contributed by atoms with Crippen molar-refractivity contribution in [2.45, 2.75) is 50.8 Å². The molecule has 1 aliphatic carbocycles. The smallest absolute Gasteiger partial charge is 0.406 e. The van der Waals surface area contributed by atoms with E-state index < -0.39 is 12.8 Å². The van der Waals surface area contributed by atoms with E-state index in [1.54, 1.807) is 18.2 Å². The van der Waals surface area contributed by atoms with Crippen LogP contribution in [0.1, 0.15) is 43.6 Å². The highest BCUT2D eigenvalue weighted by Gasteiger charge is 2.31. The van der Waals surface area contributed by atoms with Crippen LogP contribution < -0.4 is 4.74 Å². The maximum absolute atomic E-state index is 12.1. The van der Waals surface area contributed by atoms with Crippen LogP contribution in [-0.4, -0.2) is 12.8 Å². The average molecular weight is 334 g/mol. The number of hydrogen-bond acceptors (Lipinski definition) is 1. The van der Waals surface area contributed by atoms with Crippen molar-refractivity contribution in [3.8, 4) is 5.75 Å². The third kappa shape index (κ3) is 6.20. The molecule has 0 radical (unpaired) electrons. The van der Waals surface area contributed by atoms with Crippen LogP contribution in [0, 0.1) is 5.92 Å². The molecule has 0 bridgehead atoms. The zero-order chi connectivity index (χ0) is 16.9. The molecule has 1 aromatic rings. The van der Waals surface area contributed by atoms with Crippen molar-refractivity contribution in [2.75, 3.05) is 0 Å². The summed E-state index contributed by atoms with van der Waals surface area (Å²) in [6, 6.07) is 5.99. The van der Waals surface area contributed by atoms with Crippen molar-refractivity contribution in [3.63, 3.8) is 0 Å². The zero-order valence-electron chi connectivity index (χ0n) is 12.5. The zero-order valence-corrected chi connectivity index (χ0v) is 12.5. The Bertz CT molecular complexity index is 499. The molecule has 1 nitrogen and oxygen atoms in total. The highest BCUT2D eigenvalue weighted by atomic mass is 19.4. The van der Waals surface area contributed by atoms with E-state index >= 15 is 0 Å². The van der Waals surface area contributed by atoms with Crippen LogP contribution in [0.3, 0.4) is 0 Å². The van der Waals surface area contributed by atoms with Crippen LogP contribution in [0.4, 0.5) is 22.0 Å². The fourth-order valence-corrected chi connectivity index (χ4v) is 2.96. The molecule has 0 aliphatic heterocycles. The van der Waals surface area contributed by atoms with Crippen molar-refractivity contribution in [1.29, 1.82) is 0 Å². The van der Waals surface area contributed by atoms with Gasteiger partial charge in [-0.3, -0.25) is 0 Å². The minimum absolute atomic E-state index is 0.208. The molecule has 0 aromatic heterocycles. The van der Waals surface area contributed by atoms with Gasteiger partial charge in [0.2, 0.25) is 6.43 Å². The molecule has 6 heteroatoms. The van der Waals surface area contributed by atoms with Crippen LogP contribution in [0.15, 0.2) is 36.4 Å². The van der Waals surface area contributed by atoms with E-state index in [-0.39, 0.29) is 12.2 Å². The van der Waals surface area contributed by atoms with Crippen molar-refractivity contribution in [1.82, 2.24) is 0 Å². The van der Waals surface area contributed by atoms with Gasteiger partial charge < -0.3 is 4.74 Å². The topological polar surface area (TPSA) is 9.23 Å². The van der Waals surface area contributed by atoms with E-state index in [0.717, 1.165) is 31.2 Å². The second kappa shape index (κ2) is 7.79. The van der Waals surface area contributed by atoms with E-state index in [2.05, 4.69) is 4.74 Å². The van der Waals surface area contributed by atoms with Crippen molar-refractivity contribution in [3.05, 3.63) is 42.0 Å². The minimum Gasteiger partial charge on any atom is -0.406 e. The summed E-state index contributed by atoms with van der Waals surface area (Å²) < 4.78 is 64.4. The van der Waals surface area contributed by atoms with E-state index in [0.29, 0.717) is 11.8 Å². The first-order valence-corrected chi connectivity index (χ1v) is 7.64. The van der Waals surface area contributed by atoms with Gasteiger partial charge in [-0.25, -0.2) is 8.78 Å². The lowest BCUT2D eigenvalue weighted by Crippen LogP contribution is -2.17. The molecule has 1 aliphatic rings. The molecule has 1 aromatic carbocycles. The Morgan fingerprint density at radius 3 is 2.17 bits per heavy atom. The predicted molar refractivity (Wildman–Crippen MR) is 77.6 cm³/mol. The first-order valence-electron chi connectivity index (χ1n) is 7.64. The SMILES string of the molecule is FC(F)CC=CC1CCC(c2ccc(OC(F)(F)F)cc2)CC1. The Kier molecular flexibility index (Phi) is 6.02. The van der Waals surface area contributed by atoms with Crippen LogP contribution in [-0.2, 0) is 0 Å². The van der Waals surface area contributed by atoms with Gasteiger partial charge in [0.1, 0.15) is 5.75 Å². The number of rotatable bonds is 5. The molecule has 0 amide bonds. The standard InChI is InChI=1S/C17H19F5O/c18-16(19)3-1-2-12-4-6-13(7-5-12)14-8-10-15(11-9-14)23-17(20,21)22/h1-2,8-13,16H,3-7H2. The van der Waals surface area contributed by atoms with Gasteiger partial charge in [-0.2, -0.15) is 0 Å². The number of halogens is 5. The summed E-state index contributed by atoms with van der Waals surface area (Å²) in [5, 5.41) is 0. The Morgan fingerprint density at radius 2 is 1.65 bits per heavy atom. The van der Waals surface area contributed by atoms with Crippen LogP contribution >= 0.6 is 0 Å². The van der Waals surface area contributed by atoms with Gasteiger partial charge >= 0.3 is 6.36 Å². The highest BCUT2D eigenvalue weighted by Crippen LogP contribution is 2.37. The Balaban J connectivity index is 1.84. The summed E-state index contributed by atoms with van der Waals surface area (Å²) in [7, 11) is 0. The maximum Gasteiger partial charge on any atom is 0.573 e. The van der Waals surface area contributed by atoms with Crippen LogP contribution in [0.2, 0.25) is 0 Å². The van der Waals surface area contributed by atoms with Crippen molar-refractivity contribution < 1.29 is 26.7 Å². The van der Waals surface area contributed by atoms with Gasteiger partial charge in [0.05, 0.1) is 0 Å². The second-order valence-electron chi connectivity index (χ2n) is 5.78. The number of hydrogen-bond donors (Lipinski definition) is 0. The van der Waals surface area contributed by atoms with Crippen molar-refractivity contribution >= 4 is 0 Å². The number of allylic oxidation sites excluding steroid dienone is 2. The lowest BCUT2D eigenvalue weighted by atomic mass is 9.78. The summed E-state index contributed by atoms with van der Waals surface area (Å²) in [6.45, 7) is 0. The van der Waals surface area contributed by atoms with Gasteiger partial charge in [-0.05, 0) is 55.2 Å². The predicted octanol–water partition coefficient (Wildman–Crippen LogP) is 6.07. The van der Waals surface area contributed by atoms with E-state index in [4.69, 9.17) is 0 Å². The molecule has 1 fully saturated rings. The minimum atomic E-state index is -4.68. The molecule has 0 heterocycles.